The van der Waals surface area contributed by atoms with E-state index < -0.39 is 0 Å². The lowest BCUT2D eigenvalue weighted by Gasteiger charge is -2.38. The average molecular weight is 670 g/mol. The Labute approximate surface area is 298 Å². The first kappa shape index (κ1) is 35.2. The van der Waals surface area contributed by atoms with E-state index in [0.717, 1.165) is 69.2 Å². The Morgan fingerprint density at radius 2 is 0.860 bits per heavy atom. The van der Waals surface area contributed by atoms with Crippen molar-refractivity contribution in [1.82, 2.24) is 15.1 Å². The predicted molar refractivity (Wildman–Crippen MR) is 203 cm³/mol. The van der Waals surface area contributed by atoms with Crippen LogP contribution in [0.2, 0.25) is 0 Å². The van der Waals surface area contributed by atoms with Crippen molar-refractivity contribution in [2.24, 2.45) is 0 Å². The Hall–Kier alpha value is -4.62. The van der Waals surface area contributed by atoms with Crippen LogP contribution in [0.4, 0.5) is 0 Å². The average Bonchev–Trinajstić information content (AvgIpc) is 3.22. The highest BCUT2D eigenvalue weighted by atomic mass is 16.5. The Morgan fingerprint density at radius 3 is 1.30 bits per heavy atom. The molecule has 50 heavy (non-hydrogen) atoms. The molecule has 3 atom stereocenters. The van der Waals surface area contributed by atoms with Gasteiger partial charge in [-0.15, -0.1) is 0 Å². The molecule has 0 aromatic heterocycles. The summed E-state index contributed by atoms with van der Waals surface area (Å²) in [5.74, 6) is 2.66. The maximum Gasteiger partial charge on any atom is 0.118 e. The summed E-state index contributed by atoms with van der Waals surface area (Å²) in [5, 5.41) is 4.11. The second-order valence-electron chi connectivity index (χ2n) is 13.4. The lowest BCUT2D eigenvalue weighted by atomic mass is 9.99. The molecular formula is C44H51N3O3. The molecule has 0 aliphatic carbocycles. The number of rotatable bonds is 13. The van der Waals surface area contributed by atoms with Crippen LogP contribution in [-0.4, -0.2) is 68.9 Å². The van der Waals surface area contributed by atoms with Gasteiger partial charge in [0.2, 0.25) is 0 Å². The van der Waals surface area contributed by atoms with Gasteiger partial charge in [-0.05, 0) is 83.5 Å². The molecule has 1 N–H and O–H groups in total. The first-order valence-electron chi connectivity index (χ1n) is 17.8. The third kappa shape index (κ3) is 9.97. The summed E-state index contributed by atoms with van der Waals surface area (Å²) in [6, 6.07) is 48.5. The van der Waals surface area contributed by atoms with Crippen molar-refractivity contribution >= 4 is 0 Å². The minimum absolute atomic E-state index is 0.250. The molecule has 1 aliphatic rings. The zero-order valence-electron chi connectivity index (χ0n) is 29.7. The number of nitrogens with zero attached hydrogens (tertiary/aromatic N) is 2. The molecule has 6 nitrogen and oxygen atoms in total. The molecule has 1 fully saturated rings. The van der Waals surface area contributed by atoms with Crippen LogP contribution >= 0.6 is 0 Å². The fraction of sp³-hybridized carbons (Fsp3) is 0.318. The van der Waals surface area contributed by atoms with Gasteiger partial charge in [-0.25, -0.2) is 0 Å². The summed E-state index contributed by atoms with van der Waals surface area (Å²) < 4.78 is 16.5. The standard InChI is InChI=1S/C44H51N3O3/c1-48-42-20-14-34(15-21-42)26-39-32-46(30-37-10-6-4-7-11-37)41(28-36-18-24-44(50-3)25-19-36)33-47(31-38-12-8-5-9-13-38)40(29-45-39)27-35-16-22-43(49-2)23-17-35/h4-25,39-41,45H,26-33H2,1-3H3/t39-,40-,41-/m0/s1. The van der Waals surface area contributed by atoms with Gasteiger partial charge in [-0.3, -0.25) is 9.80 Å². The summed E-state index contributed by atoms with van der Waals surface area (Å²) >= 11 is 0. The van der Waals surface area contributed by atoms with Crippen LogP contribution in [0.25, 0.3) is 0 Å². The molecule has 260 valence electrons. The molecule has 0 unspecified atom stereocenters. The zero-order valence-corrected chi connectivity index (χ0v) is 29.7. The van der Waals surface area contributed by atoms with E-state index in [-0.39, 0.29) is 18.1 Å². The summed E-state index contributed by atoms with van der Waals surface area (Å²) in [6.07, 6.45) is 2.80. The quantitative estimate of drug-likeness (QED) is 0.141. The molecule has 0 bridgehead atoms. The molecule has 0 spiro atoms. The van der Waals surface area contributed by atoms with Crippen LogP contribution < -0.4 is 19.5 Å². The molecule has 1 heterocycles. The zero-order chi connectivity index (χ0) is 34.5. The van der Waals surface area contributed by atoms with Crippen LogP contribution in [-0.2, 0) is 32.4 Å². The molecule has 6 heteroatoms. The Kier molecular flexibility index (Phi) is 12.6. The maximum absolute atomic E-state index is 5.52. The van der Waals surface area contributed by atoms with Gasteiger partial charge in [0, 0.05) is 50.8 Å². The number of ether oxygens (including phenoxy) is 3. The van der Waals surface area contributed by atoms with Crippen LogP contribution in [0.5, 0.6) is 17.2 Å². The summed E-state index contributed by atoms with van der Waals surface area (Å²) in [5.41, 5.74) is 6.61. The molecule has 5 aromatic rings. The number of methoxy groups -OCH3 is 3. The first-order valence-corrected chi connectivity index (χ1v) is 17.8. The number of nitrogens with one attached hydrogen (secondary N) is 1. The summed E-state index contributed by atoms with van der Waals surface area (Å²) in [4.78, 5) is 5.46. The van der Waals surface area contributed by atoms with Gasteiger partial charge in [-0.2, -0.15) is 0 Å². The van der Waals surface area contributed by atoms with Crippen molar-refractivity contribution in [1.29, 1.82) is 0 Å². The normalized spacial score (nSPS) is 18.8. The van der Waals surface area contributed by atoms with Crippen LogP contribution in [0.1, 0.15) is 27.8 Å². The van der Waals surface area contributed by atoms with Gasteiger partial charge in [0.25, 0.3) is 0 Å². The maximum atomic E-state index is 5.52. The van der Waals surface area contributed by atoms with Gasteiger partial charge >= 0.3 is 0 Å². The number of hydrogen-bond donors (Lipinski definition) is 1. The molecule has 0 radical (unpaired) electrons. The third-order valence-electron chi connectivity index (χ3n) is 9.93. The van der Waals surface area contributed by atoms with Crippen molar-refractivity contribution < 1.29 is 14.2 Å². The van der Waals surface area contributed by atoms with Gasteiger partial charge in [0.15, 0.2) is 0 Å². The van der Waals surface area contributed by atoms with Crippen molar-refractivity contribution in [3.05, 3.63) is 161 Å². The van der Waals surface area contributed by atoms with E-state index >= 15 is 0 Å². The third-order valence-corrected chi connectivity index (χ3v) is 9.93. The predicted octanol–water partition coefficient (Wildman–Crippen LogP) is 7.45. The Balaban J connectivity index is 1.39. The van der Waals surface area contributed by atoms with Crippen molar-refractivity contribution in [2.75, 3.05) is 41.0 Å². The molecule has 0 saturated carbocycles. The first-order chi connectivity index (χ1) is 24.6. The smallest absolute Gasteiger partial charge is 0.118 e. The monoisotopic (exact) mass is 669 g/mol. The Bertz CT molecular complexity index is 1660. The molecule has 6 rings (SSSR count). The largest absolute Gasteiger partial charge is 0.497 e. The molecular weight excluding hydrogens is 619 g/mol. The molecule has 1 aliphatic heterocycles. The number of benzene rings is 5. The molecule has 0 amide bonds. The minimum atomic E-state index is 0.250. The fourth-order valence-electron chi connectivity index (χ4n) is 7.13. The van der Waals surface area contributed by atoms with E-state index in [1.54, 1.807) is 21.3 Å². The lowest BCUT2D eigenvalue weighted by Crippen LogP contribution is -2.49. The fourth-order valence-corrected chi connectivity index (χ4v) is 7.13. The van der Waals surface area contributed by atoms with E-state index in [2.05, 4.69) is 149 Å². The van der Waals surface area contributed by atoms with Crippen molar-refractivity contribution in [2.45, 2.75) is 50.5 Å². The molecule has 1 saturated heterocycles. The van der Waals surface area contributed by atoms with Crippen molar-refractivity contribution in [3.63, 3.8) is 0 Å². The van der Waals surface area contributed by atoms with Crippen LogP contribution in [0.3, 0.4) is 0 Å². The second kappa shape index (κ2) is 17.9. The topological polar surface area (TPSA) is 46.2 Å². The van der Waals surface area contributed by atoms with Crippen molar-refractivity contribution in [3.8, 4) is 17.2 Å². The highest BCUT2D eigenvalue weighted by Gasteiger charge is 2.31. The van der Waals surface area contributed by atoms with Gasteiger partial charge in [-0.1, -0.05) is 97.1 Å². The van der Waals surface area contributed by atoms with E-state index in [1.807, 2.05) is 0 Å². The SMILES string of the molecule is COc1ccc(C[C@H]2CN(Cc3ccccc3)[C@@H](Cc3ccc(OC)cc3)CN(Cc3ccccc3)[C@@H](Cc3ccc(OC)cc3)CN2)cc1. The highest BCUT2D eigenvalue weighted by molar-refractivity contribution is 5.30. The van der Waals surface area contributed by atoms with Gasteiger partial charge in [0.1, 0.15) is 17.2 Å². The van der Waals surface area contributed by atoms with E-state index in [0.29, 0.717) is 0 Å². The van der Waals surface area contributed by atoms with Gasteiger partial charge in [0.05, 0.1) is 21.3 Å². The van der Waals surface area contributed by atoms with Crippen LogP contribution in [0, 0.1) is 0 Å². The van der Waals surface area contributed by atoms with E-state index in [9.17, 15) is 0 Å². The number of hydrogen-bond acceptors (Lipinski definition) is 6. The van der Waals surface area contributed by atoms with Gasteiger partial charge < -0.3 is 19.5 Å². The van der Waals surface area contributed by atoms with Crippen LogP contribution in [0.15, 0.2) is 133 Å². The second-order valence-corrected chi connectivity index (χ2v) is 13.4. The highest BCUT2D eigenvalue weighted by Crippen LogP contribution is 2.24. The lowest BCUT2D eigenvalue weighted by molar-refractivity contribution is 0.108. The van der Waals surface area contributed by atoms with E-state index in [1.165, 1.54) is 27.8 Å². The minimum Gasteiger partial charge on any atom is -0.497 e. The summed E-state index contributed by atoms with van der Waals surface area (Å²) in [6.45, 7) is 4.51. The van der Waals surface area contributed by atoms with E-state index in [4.69, 9.17) is 14.2 Å². The molecule has 5 aromatic carbocycles. The Morgan fingerprint density at radius 1 is 0.460 bits per heavy atom. The summed E-state index contributed by atoms with van der Waals surface area (Å²) in [7, 11) is 5.19.